The molecule has 0 amide bonds. The summed E-state index contributed by atoms with van der Waals surface area (Å²) in [4.78, 5) is 2.50. The average Bonchev–Trinajstić information content (AvgIpc) is 4.07. The van der Waals surface area contributed by atoms with Crippen molar-refractivity contribution in [2.45, 2.75) is 70.6 Å². The Hall–Kier alpha value is -9.04. The van der Waals surface area contributed by atoms with E-state index in [4.69, 9.17) is 0 Å². The maximum Gasteiger partial charge on any atom is 0.0543 e. The van der Waals surface area contributed by atoms with E-state index < -0.39 is 0 Å². The quantitative estimate of drug-likeness (QED) is 0.147. The van der Waals surface area contributed by atoms with Crippen molar-refractivity contribution in [3.63, 3.8) is 0 Å². The molecule has 15 rings (SSSR count). The molecule has 4 aliphatic carbocycles. The Labute approximate surface area is 471 Å². The number of para-hydroxylation sites is 2. The maximum atomic E-state index is 2.61. The van der Waals surface area contributed by atoms with Crippen LogP contribution in [0.1, 0.15) is 104 Å². The molecule has 0 atom stereocenters. The number of allylic oxidation sites excluding steroid dienone is 5. The van der Waals surface area contributed by atoms with Gasteiger partial charge in [0.2, 0.25) is 0 Å². The van der Waals surface area contributed by atoms with Gasteiger partial charge in [-0.3, -0.25) is 0 Å². The second kappa shape index (κ2) is 18.0. The molecule has 0 N–H and O–H groups in total. The molecule has 0 spiro atoms. The third-order valence-corrected chi connectivity index (χ3v) is 18.7. The molecule has 0 saturated heterocycles. The molecule has 0 heterocycles. The minimum absolute atomic E-state index is 0.244. The van der Waals surface area contributed by atoms with E-state index in [0.717, 1.165) is 24.2 Å². The molecule has 0 fully saturated rings. The molecular formula is C79H63N. The number of nitrogens with zero attached hydrogens (tertiary/aromatic N) is 1. The lowest BCUT2D eigenvalue weighted by Crippen LogP contribution is -2.18. The Bertz CT molecular complexity index is 4450. The van der Waals surface area contributed by atoms with Crippen LogP contribution in [0.5, 0.6) is 0 Å². The summed E-state index contributed by atoms with van der Waals surface area (Å²) >= 11 is 0. The number of rotatable bonds is 8. The van der Waals surface area contributed by atoms with E-state index in [2.05, 4.69) is 295 Å². The summed E-state index contributed by atoms with van der Waals surface area (Å²) < 4.78 is 0. The van der Waals surface area contributed by atoms with Gasteiger partial charge in [0.15, 0.2) is 0 Å². The SMILES string of the molecule is CC1(C)c2cc3c(cc2-c2cc4c(cc21)-c1c(cc(N(c2ccccc2)c2ccccc2-c2ccccc2)c2ccccc12)C4(C)C)C(C)(C)c1cc(/C(=C/C2=C(c4ccccc4)CCC=C2)c2ccccc2)c2ccccc2c1-3. The molecule has 0 radical (unpaired) electrons. The van der Waals surface area contributed by atoms with Gasteiger partial charge in [0.25, 0.3) is 0 Å². The first-order valence-electron chi connectivity index (χ1n) is 28.7. The van der Waals surface area contributed by atoms with Crippen LogP contribution in [0.3, 0.4) is 0 Å². The summed E-state index contributed by atoms with van der Waals surface area (Å²) in [6.45, 7) is 14.8. The highest BCUT2D eigenvalue weighted by Gasteiger charge is 2.46. The van der Waals surface area contributed by atoms with Gasteiger partial charge < -0.3 is 4.90 Å². The first kappa shape index (κ1) is 48.1. The van der Waals surface area contributed by atoms with Crippen molar-refractivity contribution in [2.75, 3.05) is 4.90 Å². The molecule has 80 heavy (non-hydrogen) atoms. The standard InChI is InChI=1S/C79H63N/c1-77(2)67-47-65-69(78(3,4)71-44-62(57-38-21-23-40-59(57)75(65)71)61(52-31-15-9-16-32-52)43-53-33-19-20-36-55(53)50-27-11-7-12-28-50)45-63(67)64-46-70-66(48-68(64)77)76-60-41-24-22-39-58(60)74(49-72(76)79(70,5)6)80(54-34-17-10-18-35-54)73-42-26-25-37-56(73)51-29-13-8-14-30-51/h7-19,21-35,37-49H,20,36H2,1-6H3/b61-43+. The summed E-state index contributed by atoms with van der Waals surface area (Å²) in [7, 11) is 0. The molecule has 0 aliphatic heterocycles. The zero-order chi connectivity index (χ0) is 54.1. The van der Waals surface area contributed by atoms with Gasteiger partial charge >= 0.3 is 0 Å². The highest BCUT2D eigenvalue weighted by molar-refractivity contribution is 6.13. The van der Waals surface area contributed by atoms with Crippen LogP contribution < -0.4 is 4.90 Å². The van der Waals surface area contributed by atoms with E-state index in [1.165, 1.54) is 139 Å². The van der Waals surface area contributed by atoms with Crippen molar-refractivity contribution < 1.29 is 0 Å². The lowest BCUT2D eigenvalue weighted by atomic mass is 9.78. The number of anilines is 3. The lowest BCUT2D eigenvalue weighted by molar-refractivity contribution is 0.649. The van der Waals surface area contributed by atoms with Crippen LogP contribution >= 0.6 is 0 Å². The molecule has 0 aromatic heterocycles. The highest BCUT2D eigenvalue weighted by Crippen LogP contribution is 2.62. The zero-order valence-electron chi connectivity index (χ0n) is 46.5. The lowest BCUT2D eigenvalue weighted by Gasteiger charge is -2.31. The zero-order valence-corrected chi connectivity index (χ0v) is 46.5. The van der Waals surface area contributed by atoms with Crippen LogP contribution in [0.4, 0.5) is 17.1 Å². The van der Waals surface area contributed by atoms with E-state index in [0.29, 0.717) is 0 Å². The minimum atomic E-state index is -0.288. The Morgan fingerprint density at radius 3 is 1.48 bits per heavy atom. The molecule has 384 valence electrons. The molecule has 0 saturated carbocycles. The van der Waals surface area contributed by atoms with Crippen molar-refractivity contribution in [3.05, 3.63) is 304 Å². The summed E-state index contributed by atoms with van der Waals surface area (Å²) in [5.41, 5.74) is 29.4. The van der Waals surface area contributed by atoms with Crippen LogP contribution in [-0.2, 0) is 16.2 Å². The van der Waals surface area contributed by atoms with Crippen LogP contribution in [0.15, 0.2) is 254 Å². The predicted molar refractivity (Wildman–Crippen MR) is 340 cm³/mol. The normalized spacial score (nSPS) is 15.8. The third-order valence-electron chi connectivity index (χ3n) is 18.7. The summed E-state index contributed by atoms with van der Waals surface area (Å²) in [5.74, 6) is 0. The van der Waals surface area contributed by atoms with Gasteiger partial charge in [-0.2, -0.15) is 0 Å². The molecule has 11 aromatic carbocycles. The van der Waals surface area contributed by atoms with E-state index in [-0.39, 0.29) is 16.2 Å². The van der Waals surface area contributed by atoms with Gasteiger partial charge in [0.05, 0.1) is 11.4 Å². The van der Waals surface area contributed by atoms with Gasteiger partial charge in [-0.25, -0.2) is 0 Å². The first-order valence-corrected chi connectivity index (χ1v) is 28.7. The smallest absolute Gasteiger partial charge is 0.0543 e. The van der Waals surface area contributed by atoms with Crippen LogP contribution in [0.2, 0.25) is 0 Å². The van der Waals surface area contributed by atoms with Crippen LogP contribution in [0, 0.1) is 0 Å². The Kier molecular flexibility index (Phi) is 10.8. The second-order valence-corrected chi connectivity index (χ2v) is 24.2. The Balaban J connectivity index is 0.891. The van der Waals surface area contributed by atoms with Crippen molar-refractivity contribution in [2.24, 2.45) is 0 Å². The monoisotopic (exact) mass is 1030 g/mol. The second-order valence-electron chi connectivity index (χ2n) is 24.2. The van der Waals surface area contributed by atoms with Crippen LogP contribution in [0.25, 0.3) is 77.2 Å². The van der Waals surface area contributed by atoms with E-state index in [9.17, 15) is 0 Å². The van der Waals surface area contributed by atoms with Gasteiger partial charge in [0.1, 0.15) is 0 Å². The van der Waals surface area contributed by atoms with Gasteiger partial charge in [-0.05, 0) is 195 Å². The molecule has 0 bridgehead atoms. The highest BCUT2D eigenvalue weighted by atomic mass is 15.1. The molecule has 1 nitrogen and oxygen atoms in total. The summed E-state index contributed by atoms with van der Waals surface area (Å²) in [6.07, 6.45) is 9.26. The number of fused-ring (bicyclic) bond motifs is 13. The fourth-order valence-electron chi connectivity index (χ4n) is 14.6. The van der Waals surface area contributed by atoms with Gasteiger partial charge in [0, 0.05) is 32.9 Å². The largest absolute Gasteiger partial charge is 0.309 e. The topological polar surface area (TPSA) is 3.24 Å². The van der Waals surface area contributed by atoms with Gasteiger partial charge in [-0.15, -0.1) is 0 Å². The Morgan fingerprint density at radius 2 is 0.850 bits per heavy atom. The molecule has 0 unspecified atom stereocenters. The van der Waals surface area contributed by atoms with Gasteiger partial charge in [-0.1, -0.05) is 230 Å². The molecule has 1 heteroatoms. The summed E-state index contributed by atoms with van der Waals surface area (Å²) in [5, 5.41) is 5.13. The molecule has 11 aromatic rings. The average molecular weight is 1030 g/mol. The predicted octanol–water partition coefficient (Wildman–Crippen LogP) is 21.3. The maximum absolute atomic E-state index is 2.61. The Morgan fingerprint density at radius 1 is 0.388 bits per heavy atom. The van der Waals surface area contributed by atoms with E-state index in [1.54, 1.807) is 0 Å². The van der Waals surface area contributed by atoms with Crippen molar-refractivity contribution in [1.29, 1.82) is 0 Å². The van der Waals surface area contributed by atoms with Crippen molar-refractivity contribution in [3.8, 4) is 44.5 Å². The molecular weight excluding hydrogens is 963 g/mol. The van der Waals surface area contributed by atoms with Crippen molar-refractivity contribution >= 4 is 49.8 Å². The summed E-state index contributed by atoms with van der Waals surface area (Å²) in [6, 6.07) is 86.6. The third kappa shape index (κ3) is 7.16. The first-order chi connectivity index (χ1) is 39.0. The minimum Gasteiger partial charge on any atom is -0.309 e. The van der Waals surface area contributed by atoms with E-state index in [1.807, 2.05) is 0 Å². The number of hydrogen-bond acceptors (Lipinski definition) is 1. The number of benzene rings is 11. The number of hydrogen-bond donors (Lipinski definition) is 0. The van der Waals surface area contributed by atoms with Crippen LogP contribution in [-0.4, -0.2) is 0 Å². The fourth-order valence-corrected chi connectivity index (χ4v) is 14.6. The fraction of sp³-hybridized carbons (Fsp3) is 0.139. The molecule has 4 aliphatic rings. The van der Waals surface area contributed by atoms with Crippen molar-refractivity contribution in [1.82, 2.24) is 0 Å². The van der Waals surface area contributed by atoms with E-state index >= 15 is 0 Å².